The number of carbonyl (C=O) groups excluding carboxylic acids is 2. The zero-order valence-electron chi connectivity index (χ0n) is 15.8. The van der Waals surface area contributed by atoms with Crippen LogP contribution in [0.3, 0.4) is 0 Å². The van der Waals surface area contributed by atoms with Crippen molar-refractivity contribution in [2.24, 2.45) is 0 Å². The van der Waals surface area contributed by atoms with Crippen LogP contribution in [0.4, 0.5) is 0 Å². The third-order valence-corrected chi connectivity index (χ3v) is 5.79. The Hall–Kier alpha value is -2.08. The lowest BCUT2D eigenvalue weighted by Gasteiger charge is -2.35. The summed E-state index contributed by atoms with van der Waals surface area (Å²) in [6.45, 7) is 2.96. The molecule has 27 heavy (non-hydrogen) atoms. The number of piperazine rings is 1. The van der Waals surface area contributed by atoms with E-state index in [0.29, 0.717) is 44.5 Å². The maximum atomic E-state index is 12.7. The Labute approximate surface area is 160 Å². The molecule has 0 bridgehead atoms. The Balaban J connectivity index is 1.29. The fraction of sp³-hybridized carbons (Fsp3) is 0.619. The Morgan fingerprint density at radius 3 is 2.19 bits per heavy atom. The van der Waals surface area contributed by atoms with E-state index >= 15 is 0 Å². The molecule has 6 heteroatoms. The minimum absolute atomic E-state index is 0.0200. The van der Waals surface area contributed by atoms with E-state index in [9.17, 15) is 9.59 Å². The summed E-state index contributed by atoms with van der Waals surface area (Å²) in [5, 5.41) is 0. The molecule has 1 atom stereocenters. The minimum Gasteiger partial charge on any atom is -0.490 e. The molecule has 2 saturated heterocycles. The van der Waals surface area contributed by atoms with Crippen LogP contribution in [-0.4, -0.2) is 66.6 Å². The lowest BCUT2D eigenvalue weighted by molar-refractivity contribution is -0.142. The van der Waals surface area contributed by atoms with Crippen molar-refractivity contribution in [3.63, 3.8) is 0 Å². The summed E-state index contributed by atoms with van der Waals surface area (Å²) in [7, 11) is 0. The van der Waals surface area contributed by atoms with Gasteiger partial charge in [-0.15, -0.1) is 0 Å². The molecule has 1 unspecified atom stereocenters. The van der Waals surface area contributed by atoms with Crippen LogP contribution in [0.5, 0.6) is 5.75 Å². The average Bonchev–Trinajstić information content (AvgIpc) is 3.42. The molecule has 2 aliphatic heterocycles. The van der Waals surface area contributed by atoms with Crippen LogP contribution in [0.15, 0.2) is 24.3 Å². The van der Waals surface area contributed by atoms with Gasteiger partial charge in [-0.1, -0.05) is 0 Å². The topological polar surface area (TPSA) is 59.1 Å². The van der Waals surface area contributed by atoms with Crippen molar-refractivity contribution in [1.29, 1.82) is 0 Å². The van der Waals surface area contributed by atoms with Gasteiger partial charge >= 0.3 is 0 Å². The number of benzene rings is 1. The van der Waals surface area contributed by atoms with Crippen LogP contribution < -0.4 is 4.74 Å². The second kappa shape index (κ2) is 8.30. The van der Waals surface area contributed by atoms with Crippen LogP contribution in [0.2, 0.25) is 0 Å². The SMILES string of the molecule is O=C(c1ccc(OC2CCCC2)cc1)N1CCN(C(=O)C2CCCO2)CC1. The summed E-state index contributed by atoms with van der Waals surface area (Å²) in [6.07, 6.45) is 6.53. The van der Waals surface area contributed by atoms with Crippen molar-refractivity contribution in [2.75, 3.05) is 32.8 Å². The molecular formula is C21H28N2O4. The van der Waals surface area contributed by atoms with E-state index in [1.165, 1.54) is 12.8 Å². The van der Waals surface area contributed by atoms with Gasteiger partial charge in [-0.2, -0.15) is 0 Å². The van der Waals surface area contributed by atoms with Gasteiger partial charge in [0.25, 0.3) is 11.8 Å². The maximum Gasteiger partial charge on any atom is 0.253 e. The van der Waals surface area contributed by atoms with Gasteiger partial charge in [0.2, 0.25) is 0 Å². The summed E-state index contributed by atoms with van der Waals surface area (Å²) < 4.78 is 11.5. The van der Waals surface area contributed by atoms with Crippen molar-refractivity contribution in [1.82, 2.24) is 9.80 Å². The number of carbonyl (C=O) groups is 2. The van der Waals surface area contributed by atoms with Crippen LogP contribution in [0.25, 0.3) is 0 Å². The molecule has 146 valence electrons. The van der Waals surface area contributed by atoms with E-state index in [-0.39, 0.29) is 17.9 Å². The van der Waals surface area contributed by atoms with E-state index in [2.05, 4.69) is 0 Å². The van der Waals surface area contributed by atoms with Crippen molar-refractivity contribution in [3.8, 4) is 5.75 Å². The molecule has 0 spiro atoms. The van der Waals surface area contributed by atoms with Crippen molar-refractivity contribution >= 4 is 11.8 Å². The molecule has 3 aliphatic rings. The van der Waals surface area contributed by atoms with Crippen LogP contribution in [0, 0.1) is 0 Å². The molecule has 0 aromatic heterocycles. The third kappa shape index (κ3) is 4.26. The quantitative estimate of drug-likeness (QED) is 0.815. The van der Waals surface area contributed by atoms with Gasteiger partial charge in [0.1, 0.15) is 11.9 Å². The molecular weight excluding hydrogens is 344 g/mol. The number of nitrogens with zero attached hydrogens (tertiary/aromatic N) is 2. The fourth-order valence-electron chi connectivity index (χ4n) is 4.16. The smallest absolute Gasteiger partial charge is 0.253 e. The molecule has 1 aromatic rings. The predicted octanol–water partition coefficient (Wildman–Crippen LogP) is 2.47. The van der Waals surface area contributed by atoms with Crippen LogP contribution >= 0.6 is 0 Å². The summed E-state index contributed by atoms with van der Waals surface area (Å²) in [6, 6.07) is 7.47. The lowest BCUT2D eigenvalue weighted by atomic mass is 10.1. The molecule has 1 saturated carbocycles. The molecule has 2 heterocycles. The minimum atomic E-state index is -0.278. The average molecular weight is 372 g/mol. The van der Waals surface area contributed by atoms with Crippen molar-refractivity contribution < 1.29 is 19.1 Å². The zero-order chi connectivity index (χ0) is 18.6. The van der Waals surface area contributed by atoms with E-state index in [1.54, 1.807) is 0 Å². The Bertz CT molecular complexity index is 655. The molecule has 0 radical (unpaired) electrons. The van der Waals surface area contributed by atoms with Gasteiger partial charge in [-0.3, -0.25) is 9.59 Å². The van der Waals surface area contributed by atoms with E-state index in [0.717, 1.165) is 31.4 Å². The second-order valence-electron chi connectivity index (χ2n) is 7.67. The first-order valence-electron chi connectivity index (χ1n) is 10.2. The number of hydrogen-bond acceptors (Lipinski definition) is 4. The highest BCUT2D eigenvalue weighted by molar-refractivity contribution is 5.94. The first-order valence-corrected chi connectivity index (χ1v) is 10.2. The molecule has 6 nitrogen and oxygen atoms in total. The number of hydrogen-bond donors (Lipinski definition) is 0. The van der Waals surface area contributed by atoms with Gasteiger partial charge in [0, 0.05) is 38.3 Å². The highest BCUT2D eigenvalue weighted by Gasteiger charge is 2.31. The number of amides is 2. The first kappa shape index (κ1) is 18.3. The van der Waals surface area contributed by atoms with Crippen molar-refractivity contribution in [2.45, 2.75) is 50.7 Å². The number of rotatable bonds is 4. The largest absolute Gasteiger partial charge is 0.490 e. The predicted molar refractivity (Wildman–Crippen MR) is 101 cm³/mol. The second-order valence-corrected chi connectivity index (χ2v) is 7.67. The van der Waals surface area contributed by atoms with E-state index in [4.69, 9.17) is 9.47 Å². The monoisotopic (exact) mass is 372 g/mol. The Kier molecular flexibility index (Phi) is 5.62. The summed E-state index contributed by atoms with van der Waals surface area (Å²) in [4.78, 5) is 28.8. The maximum absolute atomic E-state index is 12.7. The molecule has 1 aromatic carbocycles. The summed E-state index contributed by atoms with van der Waals surface area (Å²) in [5.41, 5.74) is 0.674. The Morgan fingerprint density at radius 2 is 1.56 bits per heavy atom. The summed E-state index contributed by atoms with van der Waals surface area (Å²) in [5.74, 6) is 0.935. The molecule has 4 rings (SSSR count). The van der Waals surface area contributed by atoms with E-state index < -0.39 is 0 Å². The standard InChI is InChI=1S/C21H28N2O4/c24-20(16-7-9-18(10-8-16)27-17-4-1-2-5-17)22-11-13-23(14-12-22)21(25)19-6-3-15-26-19/h7-10,17,19H,1-6,11-15H2. The number of ether oxygens (including phenoxy) is 2. The Morgan fingerprint density at radius 1 is 0.889 bits per heavy atom. The van der Waals surface area contributed by atoms with E-state index in [1.807, 2.05) is 34.1 Å². The normalized spacial score (nSPS) is 23.6. The molecule has 3 fully saturated rings. The van der Waals surface area contributed by atoms with Gasteiger partial charge in [-0.25, -0.2) is 0 Å². The third-order valence-electron chi connectivity index (χ3n) is 5.79. The van der Waals surface area contributed by atoms with Crippen LogP contribution in [0.1, 0.15) is 48.9 Å². The van der Waals surface area contributed by atoms with Gasteiger partial charge in [0.15, 0.2) is 0 Å². The zero-order valence-corrected chi connectivity index (χ0v) is 15.8. The molecule has 1 aliphatic carbocycles. The first-order chi connectivity index (χ1) is 13.2. The van der Waals surface area contributed by atoms with Crippen molar-refractivity contribution in [3.05, 3.63) is 29.8 Å². The highest BCUT2D eigenvalue weighted by Crippen LogP contribution is 2.24. The van der Waals surface area contributed by atoms with Crippen LogP contribution in [-0.2, 0) is 9.53 Å². The lowest BCUT2D eigenvalue weighted by Crippen LogP contribution is -2.52. The molecule has 2 amide bonds. The molecule has 0 N–H and O–H groups in total. The van der Waals surface area contributed by atoms with Gasteiger partial charge < -0.3 is 19.3 Å². The van der Waals surface area contributed by atoms with Gasteiger partial charge in [0.05, 0.1) is 6.10 Å². The fourth-order valence-corrected chi connectivity index (χ4v) is 4.16. The summed E-state index contributed by atoms with van der Waals surface area (Å²) >= 11 is 0. The highest BCUT2D eigenvalue weighted by atomic mass is 16.5. The van der Waals surface area contributed by atoms with Gasteiger partial charge in [-0.05, 0) is 62.8 Å².